The molecule has 0 radical (unpaired) electrons. The Balaban J connectivity index is 2.54. The zero-order valence-corrected chi connectivity index (χ0v) is 8.55. The predicted molar refractivity (Wildman–Crippen MR) is 62.6 cm³/mol. The Hall–Kier alpha value is -1.12. The Morgan fingerprint density at radius 2 is 2.14 bits per heavy atom. The molecule has 0 saturated carbocycles. The van der Waals surface area contributed by atoms with Crippen LogP contribution in [0.5, 0.6) is 0 Å². The second kappa shape index (κ2) is 2.94. The molecule has 0 aliphatic heterocycles. The standard InChI is InChI=1S/C12H11NS/c13-8-5-6-12-10(7-8)9-3-1-2-4-11(9)14-12/h1-4,6-8H,5,13H2. The van der Waals surface area contributed by atoms with Crippen LogP contribution in [0.2, 0.25) is 0 Å². The maximum Gasteiger partial charge on any atom is 0.0355 e. The molecule has 1 aromatic carbocycles. The van der Waals surface area contributed by atoms with Crippen LogP contribution in [-0.4, -0.2) is 6.04 Å². The van der Waals surface area contributed by atoms with Gasteiger partial charge in [0.2, 0.25) is 0 Å². The van der Waals surface area contributed by atoms with Gasteiger partial charge in [0.05, 0.1) is 0 Å². The topological polar surface area (TPSA) is 26.0 Å². The van der Waals surface area contributed by atoms with Crippen molar-refractivity contribution < 1.29 is 0 Å². The van der Waals surface area contributed by atoms with Crippen LogP contribution in [0.3, 0.4) is 0 Å². The predicted octanol–water partition coefficient (Wildman–Crippen LogP) is 1.19. The molecule has 2 aromatic rings. The third-order valence-electron chi connectivity index (χ3n) is 2.62. The van der Waals surface area contributed by atoms with Crippen molar-refractivity contribution in [2.24, 2.45) is 5.73 Å². The van der Waals surface area contributed by atoms with Crippen molar-refractivity contribution >= 4 is 33.6 Å². The summed E-state index contributed by atoms with van der Waals surface area (Å²) < 4.78 is 2.74. The van der Waals surface area contributed by atoms with Gasteiger partial charge in [-0.05, 0) is 17.7 Å². The maximum absolute atomic E-state index is 5.92. The summed E-state index contributed by atoms with van der Waals surface area (Å²) >= 11 is 1.86. The number of rotatable bonds is 0. The molecule has 70 valence electrons. The van der Waals surface area contributed by atoms with Crippen molar-refractivity contribution in [3.8, 4) is 0 Å². The van der Waals surface area contributed by atoms with E-state index in [0.29, 0.717) is 0 Å². The molecule has 2 heteroatoms. The summed E-state index contributed by atoms with van der Waals surface area (Å²) in [7, 11) is 0. The zero-order valence-electron chi connectivity index (χ0n) is 7.73. The van der Waals surface area contributed by atoms with Gasteiger partial charge in [-0.25, -0.2) is 0 Å². The summed E-state index contributed by atoms with van der Waals surface area (Å²) in [4.78, 5) is 0. The molecular weight excluding hydrogens is 190 g/mol. The number of nitrogens with two attached hydrogens (primary N) is 1. The van der Waals surface area contributed by atoms with Gasteiger partial charge in [0.1, 0.15) is 0 Å². The molecule has 1 heterocycles. The molecule has 0 fully saturated rings. The number of thiophene rings is 1. The van der Waals surface area contributed by atoms with Crippen LogP contribution < -0.4 is 15.5 Å². The van der Waals surface area contributed by atoms with Crippen LogP contribution in [0.4, 0.5) is 0 Å². The summed E-state index contributed by atoms with van der Waals surface area (Å²) in [5.41, 5.74) is 5.92. The summed E-state index contributed by atoms with van der Waals surface area (Å²) in [6.07, 6.45) is 5.42. The molecule has 14 heavy (non-hydrogen) atoms. The monoisotopic (exact) mass is 201 g/mol. The van der Waals surface area contributed by atoms with Gasteiger partial charge >= 0.3 is 0 Å². The van der Waals surface area contributed by atoms with E-state index in [-0.39, 0.29) is 6.04 Å². The highest BCUT2D eigenvalue weighted by Gasteiger charge is 2.06. The lowest BCUT2D eigenvalue weighted by molar-refractivity contribution is 0.891. The van der Waals surface area contributed by atoms with E-state index in [4.69, 9.17) is 5.73 Å². The molecule has 2 N–H and O–H groups in total. The first-order valence-corrected chi connectivity index (χ1v) is 5.61. The van der Waals surface area contributed by atoms with Crippen molar-refractivity contribution in [1.29, 1.82) is 0 Å². The molecule has 1 nitrogen and oxygen atoms in total. The minimum absolute atomic E-state index is 0.195. The second-order valence-corrected chi connectivity index (χ2v) is 4.73. The Morgan fingerprint density at radius 3 is 3.07 bits per heavy atom. The average molecular weight is 201 g/mol. The largest absolute Gasteiger partial charge is 0.324 e. The highest BCUT2D eigenvalue weighted by molar-refractivity contribution is 7.17. The lowest BCUT2D eigenvalue weighted by Crippen LogP contribution is -2.30. The van der Waals surface area contributed by atoms with Crippen LogP contribution in [0, 0.1) is 0 Å². The van der Waals surface area contributed by atoms with Gasteiger partial charge < -0.3 is 5.73 Å². The first kappa shape index (κ1) is 8.21. The Kier molecular flexibility index (Phi) is 1.72. The quantitative estimate of drug-likeness (QED) is 0.681. The van der Waals surface area contributed by atoms with E-state index >= 15 is 0 Å². The highest BCUT2D eigenvalue weighted by Crippen LogP contribution is 2.13. The lowest BCUT2D eigenvalue weighted by atomic mass is 10.1. The minimum Gasteiger partial charge on any atom is -0.324 e. The number of hydrogen-bond acceptors (Lipinski definition) is 2. The Morgan fingerprint density at radius 1 is 1.29 bits per heavy atom. The van der Waals surface area contributed by atoms with Gasteiger partial charge in [0.15, 0.2) is 0 Å². The first-order valence-electron chi connectivity index (χ1n) is 4.80. The Labute approximate surface area is 86.2 Å². The molecular formula is C12H11NS. The second-order valence-electron chi connectivity index (χ2n) is 3.65. The number of hydrogen-bond donors (Lipinski definition) is 1. The fraction of sp³-hybridized carbons (Fsp3) is 0.167. The summed E-state index contributed by atoms with van der Waals surface area (Å²) in [6.45, 7) is 0. The van der Waals surface area contributed by atoms with E-state index < -0.39 is 0 Å². The third-order valence-corrected chi connectivity index (χ3v) is 3.80. The normalized spacial score (nSPS) is 19.9. The van der Waals surface area contributed by atoms with Crippen molar-refractivity contribution in [1.82, 2.24) is 0 Å². The van der Waals surface area contributed by atoms with E-state index in [1.54, 1.807) is 0 Å². The van der Waals surface area contributed by atoms with Gasteiger partial charge in [-0.2, -0.15) is 0 Å². The minimum atomic E-state index is 0.195. The van der Waals surface area contributed by atoms with E-state index in [9.17, 15) is 0 Å². The lowest BCUT2D eigenvalue weighted by Gasteiger charge is -2.04. The molecule has 0 saturated heterocycles. The van der Waals surface area contributed by atoms with Crippen LogP contribution in [0.1, 0.15) is 6.42 Å². The summed E-state index contributed by atoms with van der Waals surface area (Å²) in [5.74, 6) is 0. The van der Waals surface area contributed by atoms with Gasteiger partial charge in [-0.3, -0.25) is 0 Å². The van der Waals surface area contributed by atoms with E-state index in [1.165, 1.54) is 19.8 Å². The van der Waals surface area contributed by atoms with Gasteiger partial charge in [0.25, 0.3) is 0 Å². The van der Waals surface area contributed by atoms with Crippen molar-refractivity contribution in [3.05, 3.63) is 34.0 Å². The molecule has 1 aliphatic rings. The van der Waals surface area contributed by atoms with E-state index in [1.807, 2.05) is 11.3 Å². The molecule has 1 aromatic heterocycles. The SMILES string of the molecule is NC1C=c2c(sc3ccccc23)=CC1. The first-order chi connectivity index (χ1) is 6.84. The zero-order chi connectivity index (χ0) is 9.54. The number of benzene rings is 1. The molecule has 3 rings (SSSR count). The van der Waals surface area contributed by atoms with Crippen LogP contribution in [-0.2, 0) is 0 Å². The van der Waals surface area contributed by atoms with Gasteiger partial charge in [-0.15, -0.1) is 11.3 Å². The third kappa shape index (κ3) is 1.11. The molecule has 0 amide bonds. The van der Waals surface area contributed by atoms with Gasteiger partial charge in [0, 0.05) is 20.7 Å². The average Bonchev–Trinajstić information content (AvgIpc) is 2.56. The summed E-state index contributed by atoms with van der Waals surface area (Å²) in [5, 5.41) is 2.68. The summed E-state index contributed by atoms with van der Waals surface area (Å²) in [6, 6.07) is 8.71. The van der Waals surface area contributed by atoms with Crippen LogP contribution in [0.15, 0.2) is 24.3 Å². The van der Waals surface area contributed by atoms with Crippen molar-refractivity contribution in [3.63, 3.8) is 0 Å². The molecule has 1 unspecified atom stereocenters. The highest BCUT2D eigenvalue weighted by atomic mass is 32.1. The van der Waals surface area contributed by atoms with E-state index in [0.717, 1.165) is 6.42 Å². The van der Waals surface area contributed by atoms with Gasteiger partial charge in [-0.1, -0.05) is 30.4 Å². The number of fused-ring (bicyclic) bond motifs is 3. The fourth-order valence-corrected chi connectivity index (χ4v) is 3.07. The molecule has 0 bridgehead atoms. The molecule has 1 atom stereocenters. The Bertz CT molecular complexity index is 594. The van der Waals surface area contributed by atoms with Crippen molar-refractivity contribution in [2.45, 2.75) is 12.5 Å². The van der Waals surface area contributed by atoms with Crippen molar-refractivity contribution in [2.75, 3.05) is 0 Å². The van der Waals surface area contributed by atoms with Crippen LogP contribution >= 0.6 is 11.3 Å². The van der Waals surface area contributed by atoms with Crippen LogP contribution in [0.25, 0.3) is 22.2 Å². The smallest absolute Gasteiger partial charge is 0.0355 e. The maximum atomic E-state index is 5.92. The molecule has 0 spiro atoms. The van der Waals surface area contributed by atoms with E-state index in [2.05, 4.69) is 36.4 Å². The fourth-order valence-electron chi connectivity index (χ4n) is 1.93. The molecule has 1 aliphatic carbocycles.